The van der Waals surface area contributed by atoms with Crippen LogP contribution in [-0.2, 0) is 16.0 Å². The summed E-state index contributed by atoms with van der Waals surface area (Å²) in [6.07, 6.45) is 5.25. The molecule has 0 saturated carbocycles. The van der Waals surface area contributed by atoms with E-state index < -0.39 is 23.5 Å². The number of rotatable bonds is 7. The van der Waals surface area contributed by atoms with Gasteiger partial charge in [0, 0.05) is 23.7 Å². The smallest absolute Gasteiger partial charge is 0.326 e. The topological polar surface area (TPSA) is 82.1 Å². The first-order chi connectivity index (χ1) is 16.3. The predicted octanol–water partition coefficient (Wildman–Crippen LogP) is 3.09. The largest absolute Gasteiger partial charge is 0.858 e. The van der Waals surface area contributed by atoms with Crippen LogP contribution in [0.4, 0.5) is 4.39 Å². The first-order valence-corrected chi connectivity index (χ1v) is 11.4. The number of hydrogen-bond donors (Lipinski definition) is 0. The molecule has 1 aromatic carbocycles. The van der Waals surface area contributed by atoms with Gasteiger partial charge in [-0.25, -0.2) is 9.07 Å². The van der Waals surface area contributed by atoms with Crippen LogP contribution in [0.3, 0.4) is 0 Å². The van der Waals surface area contributed by atoms with Crippen molar-refractivity contribution in [3.8, 4) is 11.6 Å². The SMILES string of the molecule is CCCc1nn(-c2ccc(F)cc2)c([O-])c1C1=C([n+]2ccc(C)c(C)c2)C(=O)N(CCC)C1=O. The van der Waals surface area contributed by atoms with E-state index in [-0.39, 0.29) is 23.4 Å². The van der Waals surface area contributed by atoms with E-state index in [0.29, 0.717) is 30.6 Å². The quantitative estimate of drug-likeness (QED) is 0.399. The lowest BCUT2D eigenvalue weighted by atomic mass is 10.0. The minimum atomic E-state index is -0.508. The summed E-state index contributed by atoms with van der Waals surface area (Å²) in [5, 5.41) is 18.1. The van der Waals surface area contributed by atoms with Crippen molar-refractivity contribution >= 4 is 23.1 Å². The highest BCUT2D eigenvalue weighted by atomic mass is 19.1. The van der Waals surface area contributed by atoms with Gasteiger partial charge in [0.25, 0.3) is 11.6 Å². The Balaban J connectivity index is 2.00. The fourth-order valence-electron chi connectivity index (χ4n) is 4.14. The minimum Gasteiger partial charge on any atom is -0.858 e. The Morgan fingerprint density at radius 3 is 2.32 bits per heavy atom. The molecule has 0 fully saturated rings. The zero-order chi connectivity index (χ0) is 24.6. The maximum atomic E-state index is 13.6. The molecule has 2 amide bonds. The van der Waals surface area contributed by atoms with Crippen molar-refractivity contribution in [3.05, 3.63) is 70.9 Å². The van der Waals surface area contributed by atoms with Crippen molar-refractivity contribution in [1.82, 2.24) is 14.7 Å². The van der Waals surface area contributed by atoms with Gasteiger partial charge in [0.15, 0.2) is 12.4 Å². The van der Waals surface area contributed by atoms with Gasteiger partial charge in [0.2, 0.25) is 0 Å². The summed E-state index contributed by atoms with van der Waals surface area (Å²) in [5.74, 6) is -1.88. The summed E-state index contributed by atoms with van der Waals surface area (Å²) >= 11 is 0. The number of benzene rings is 1. The Hall–Kier alpha value is -3.81. The Morgan fingerprint density at radius 2 is 1.71 bits per heavy atom. The van der Waals surface area contributed by atoms with Crippen LogP contribution in [0.5, 0.6) is 5.88 Å². The van der Waals surface area contributed by atoms with Crippen molar-refractivity contribution in [3.63, 3.8) is 0 Å². The van der Waals surface area contributed by atoms with Crippen LogP contribution >= 0.6 is 0 Å². The second-order valence-electron chi connectivity index (χ2n) is 8.47. The number of aromatic nitrogens is 3. The summed E-state index contributed by atoms with van der Waals surface area (Å²) in [6, 6.07) is 7.29. The molecule has 3 aromatic rings. The molecule has 1 aliphatic rings. The van der Waals surface area contributed by atoms with Crippen molar-refractivity contribution in [1.29, 1.82) is 0 Å². The molecular formula is C26H27FN4O3. The number of hydrogen-bond acceptors (Lipinski definition) is 4. The first-order valence-electron chi connectivity index (χ1n) is 11.4. The van der Waals surface area contributed by atoms with Crippen LogP contribution in [0.1, 0.15) is 49.1 Å². The zero-order valence-corrected chi connectivity index (χ0v) is 19.8. The lowest BCUT2D eigenvalue weighted by Crippen LogP contribution is -2.40. The van der Waals surface area contributed by atoms with Gasteiger partial charge < -0.3 is 5.11 Å². The summed E-state index contributed by atoms with van der Waals surface area (Å²) in [4.78, 5) is 28.2. The van der Waals surface area contributed by atoms with Gasteiger partial charge in [-0.15, -0.1) is 0 Å². The van der Waals surface area contributed by atoms with Crippen molar-refractivity contribution < 1.29 is 23.7 Å². The molecular weight excluding hydrogens is 435 g/mol. The van der Waals surface area contributed by atoms with E-state index >= 15 is 0 Å². The third-order valence-corrected chi connectivity index (χ3v) is 6.01. The van der Waals surface area contributed by atoms with Gasteiger partial charge in [-0.3, -0.25) is 14.5 Å². The number of halogens is 1. The van der Waals surface area contributed by atoms with Gasteiger partial charge in [0.05, 0.1) is 11.4 Å². The normalized spacial score (nSPS) is 14.0. The van der Waals surface area contributed by atoms with Crippen molar-refractivity contribution in [2.45, 2.75) is 47.0 Å². The first kappa shape index (κ1) is 23.4. The predicted molar refractivity (Wildman–Crippen MR) is 123 cm³/mol. The van der Waals surface area contributed by atoms with Crippen LogP contribution in [-0.4, -0.2) is 33.0 Å². The van der Waals surface area contributed by atoms with Gasteiger partial charge in [-0.1, -0.05) is 20.3 Å². The molecule has 0 unspecified atom stereocenters. The molecule has 1 aliphatic heterocycles. The van der Waals surface area contributed by atoms with Crippen LogP contribution in [0, 0.1) is 19.7 Å². The van der Waals surface area contributed by atoms with E-state index in [9.17, 15) is 19.1 Å². The van der Waals surface area contributed by atoms with E-state index in [0.717, 1.165) is 11.1 Å². The molecule has 0 aliphatic carbocycles. The number of aryl methyl sites for hydroxylation is 3. The summed E-state index contributed by atoms with van der Waals surface area (Å²) in [6.45, 7) is 7.96. The third kappa shape index (κ3) is 3.89. The van der Waals surface area contributed by atoms with E-state index in [1.165, 1.54) is 33.8 Å². The van der Waals surface area contributed by atoms with Crippen LogP contribution in [0.25, 0.3) is 17.0 Å². The molecule has 176 valence electrons. The van der Waals surface area contributed by atoms with Crippen LogP contribution in [0.2, 0.25) is 0 Å². The van der Waals surface area contributed by atoms with Gasteiger partial charge in [-0.2, -0.15) is 9.67 Å². The number of carbonyl (C=O) groups is 2. The highest BCUT2D eigenvalue weighted by Gasteiger charge is 2.46. The monoisotopic (exact) mass is 462 g/mol. The Labute approximate surface area is 197 Å². The van der Waals surface area contributed by atoms with Gasteiger partial charge in [0.1, 0.15) is 11.4 Å². The van der Waals surface area contributed by atoms with Crippen LogP contribution in [0.15, 0.2) is 42.7 Å². The molecule has 34 heavy (non-hydrogen) atoms. The fraction of sp³-hybridized carbons (Fsp3) is 0.308. The van der Waals surface area contributed by atoms with Crippen LogP contribution < -0.4 is 9.67 Å². The standard InChI is InChI=1S/C26H27FN4O3/c1-5-7-20-21(25(33)31(28-20)19-10-8-18(27)9-11-19)22-23(26(34)30(13-6-2)24(22)32)29-14-12-16(3)17(4)15-29/h8-12,14-15H,5-7,13H2,1-4H3. The van der Waals surface area contributed by atoms with Crippen molar-refractivity contribution in [2.75, 3.05) is 6.54 Å². The Bertz CT molecular complexity index is 1310. The third-order valence-electron chi connectivity index (χ3n) is 6.01. The number of amides is 2. The lowest BCUT2D eigenvalue weighted by Gasteiger charge is -2.15. The highest BCUT2D eigenvalue weighted by molar-refractivity contribution is 6.44. The molecule has 3 heterocycles. The van der Waals surface area contributed by atoms with Crippen molar-refractivity contribution in [2.24, 2.45) is 0 Å². The van der Waals surface area contributed by atoms with E-state index in [2.05, 4.69) is 5.10 Å². The molecule has 0 spiro atoms. The molecule has 0 N–H and O–H groups in total. The highest BCUT2D eigenvalue weighted by Crippen LogP contribution is 2.37. The molecule has 7 nitrogen and oxygen atoms in total. The average Bonchev–Trinajstić information content (AvgIpc) is 3.25. The lowest BCUT2D eigenvalue weighted by molar-refractivity contribution is -0.577. The van der Waals surface area contributed by atoms with E-state index in [1.807, 2.05) is 33.8 Å². The van der Waals surface area contributed by atoms with Gasteiger partial charge in [-0.05, 0) is 62.4 Å². The molecule has 0 radical (unpaired) electrons. The number of pyridine rings is 1. The summed E-state index contributed by atoms with van der Waals surface area (Å²) < 4.78 is 16.3. The minimum absolute atomic E-state index is 0.0634. The van der Waals surface area contributed by atoms with E-state index in [1.54, 1.807) is 17.0 Å². The van der Waals surface area contributed by atoms with Gasteiger partial charge >= 0.3 is 5.91 Å². The Kier molecular flexibility index (Phi) is 6.32. The Morgan fingerprint density at radius 1 is 1.00 bits per heavy atom. The maximum absolute atomic E-state index is 13.6. The summed E-state index contributed by atoms with van der Waals surface area (Å²) in [7, 11) is 0. The summed E-state index contributed by atoms with van der Waals surface area (Å²) in [5.41, 5.74) is 3.15. The molecule has 4 rings (SSSR count). The maximum Gasteiger partial charge on any atom is 0.326 e. The molecule has 0 saturated heterocycles. The molecule has 0 atom stereocenters. The fourth-order valence-corrected chi connectivity index (χ4v) is 4.14. The number of imide groups is 1. The number of carbonyl (C=O) groups excluding carboxylic acids is 2. The average molecular weight is 463 g/mol. The second-order valence-corrected chi connectivity index (χ2v) is 8.47. The number of nitrogens with zero attached hydrogens (tertiary/aromatic N) is 4. The molecule has 8 heteroatoms. The second kappa shape index (κ2) is 9.21. The zero-order valence-electron chi connectivity index (χ0n) is 19.8. The van der Waals surface area contributed by atoms with E-state index in [4.69, 9.17) is 0 Å². The molecule has 2 aromatic heterocycles. The molecule has 0 bridgehead atoms.